The van der Waals surface area contributed by atoms with Gasteiger partial charge in [-0.1, -0.05) is 18.2 Å². The first-order chi connectivity index (χ1) is 6.85. The summed E-state index contributed by atoms with van der Waals surface area (Å²) in [6.45, 7) is 2.56. The summed E-state index contributed by atoms with van der Waals surface area (Å²) in [7, 11) is 1.76. The first kappa shape index (κ1) is 9.49. The van der Waals surface area contributed by atoms with Crippen LogP contribution in [0.2, 0.25) is 0 Å². The van der Waals surface area contributed by atoms with Crippen LogP contribution in [-0.4, -0.2) is 26.3 Å². The summed E-state index contributed by atoms with van der Waals surface area (Å²) in [4.78, 5) is 2.30. The lowest BCUT2D eigenvalue weighted by molar-refractivity contribution is 0.0787. The van der Waals surface area contributed by atoms with Crippen LogP contribution in [0.3, 0.4) is 0 Å². The number of rotatable bonds is 3. The molecule has 2 rings (SSSR count). The van der Waals surface area contributed by atoms with E-state index in [2.05, 4.69) is 23.1 Å². The maximum absolute atomic E-state index is 5.68. The van der Waals surface area contributed by atoms with Crippen LogP contribution < -0.4 is 10.6 Å². The predicted molar refractivity (Wildman–Crippen MR) is 57.3 cm³/mol. The molecule has 2 N–H and O–H groups in total. The van der Waals surface area contributed by atoms with E-state index in [1.54, 1.807) is 7.11 Å². The Bertz CT molecular complexity index is 308. The number of ether oxygens (including phenoxy) is 1. The third-order valence-electron chi connectivity index (χ3n) is 2.73. The van der Waals surface area contributed by atoms with Gasteiger partial charge in [0.25, 0.3) is 0 Å². The Morgan fingerprint density at radius 2 is 2.14 bits per heavy atom. The number of hydrogen-bond donors (Lipinski definition) is 1. The molecule has 1 aliphatic rings. The summed E-state index contributed by atoms with van der Waals surface area (Å²) in [5.41, 5.74) is 8.14. The van der Waals surface area contributed by atoms with Crippen LogP contribution >= 0.6 is 0 Å². The molecule has 0 atom stereocenters. The lowest BCUT2D eigenvalue weighted by Gasteiger charge is -2.40. The maximum Gasteiger partial charge on any atom is 0.0920 e. The molecule has 1 aromatic carbocycles. The van der Waals surface area contributed by atoms with Gasteiger partial charge in [0.1, 0.15) is 0 Å². The molecule has 14 heavy (non-hydrogen) atoms. The van der Waals surface area contributed by atoms with Crippen molar-refractivity contribution >= 4 is 5.69 Å². The number of nitrogens with two attached hydrogens (primary N) is 1. The number of nitrogens with zero attached hydrogens (tertiary/aromatic N) is 1. The molecule has 0 bridgehead atoms. The largest absolute Gasteiger partial charge is 0.378 e. The minimum atomic E-state index is 0.390. The van der Waals surface area contributed by atoms with Gasteiger partial charge in [-0.25, -0.2) is 0 Å². The van der Waals surface area contributed by atoms with Crippen molar-refractivity contribution in [2.75, 3.05) is 25.1 Å². The summed E-state index contributed by atoms with van der Waals surface area (Å²) in [6.07, 6.45) is 0.390. The van der Waals surface area contributed by atoms with Crippen molar-refractivity contribution in [1.82, 2.24) is 0 Å². The number of para-hydroxylation sites is 1. The van der Waals surface area contributed by atoms with Crippen molar-refractivity contribution in [3.05, 3.63) is 29.8 Å². The van der Waals surface area contributed by atoms with Gasteiger partial charge in [-0.3, -0.25) is 0 Å². The normalized spacial score (nSPS) is 16.9. The van der Waals surface area contributed by atoms with E-state index in [9.17, 15) is 0 Å². The topological polar surface area (TPSA) is 38.5 Å². The monoisotopic (exact) mass is 192 g/mol. The fourth-order valence-electron chi connectivity index (χ4n) is 1.78. The summed E-state index contributed by atoms with van der Waals surface area (Å²) in [5.74, 6) is 0. The van der Waals surface area contributed by atoms with Crippen molar-refractivity contribution in [3.63, 3.8) is 0 Å². The lowest BCUT2D eigenvalue weighted by atomic mass is 10.1. The Morgan fingerprint density at radius 3 is 2.79 bits per heavy atom. The van der Waals surface area contributed by atoms with E-state index >= 15 is 0 Å². The van der Waals surface area contributed by atoms with Gasteiger partial charge in [0.15, 0.2) is 0 Å². The second-order valence-corrected chi connectivity index (χ2v) is 3.60. The number of methoxy groups -OCH3 is 1. The smallest absolute Gasteiger partial charge is 0.0920 e. The highest BCUT2D eigenvalue weighted by Gasteiger charge is 2.27. The second-order valence-electron chi connectivity index (χ2n) is 3.60. The van der Waals surface area contributed by atoms with Gasteiger partial charge in [-0.05, 0) is 11.6 Å². The van der Waals surface area contributed by atoms with E-state index in [1.165, 1.54) is 11.3 Å². The molecule has 0 aromatic heterocycles. The van der Waals surface area contributed by atoms with Crippen LogP contribution in [0.5, 0.6) is 0 Å². The number of benzene rings is 1. The van der Waals surface area contributed by atoms with E-state index in [-0.39, 0.29) is 0 Å². The molecule has 1 fully saturated rings. The van der Waals surface area contributed by atoms with Crippen molar-refractivity contribution in [2.24, 2.45) is 5.73 Å². The molecular formula is C11H16N2O. The molecule has 1 saturated heterocycles. The van der Waals surface area contributed by atoms with Gasteiger partial charge in [-0.2, -0.15) is 0 Å². The highest BCUT2D eigenvalue weighted by atomic mass is 16.5. The fourth-order valence-corrected chi connectivity index (χ4v) is 1.78. The van der Waals surface area contributed by atoms with E-state index in [1.807, 2.05) is 6.07 Å². The van der Waals surface area contributed by atoms with Crippen molar-refractivity contribution in [1.29, 1.82) is 0 Å². The number of anilines is 1. The van der Waals surface area contributed by atoms with Gasteiger partial charge in [0.2, 0.25) is 0 Å². The average molecular weight is 192 g/mol. The highest BCUT2D eigenvalue weighted by molar-refractivity contribution is 5.55. The Balaban J connectivity index is 2.10. The van der Waals surface area contributed by atoms with Crippen LogP contribution in [0, 0.1) is 0 Å². The third kappa shape index (κ3) is 1.61. The van der Waals surface area contributed by atoms with E-state index in [0.717, 1.165) is 13.1 Å². The van der Waals surface area contributed by atoms with Crippen molar-refractivity contribution in [3.8, 4) is 0 Å². The van der Waals surface area contributed by atoms with Gasteiger partial charge in [0, 0.05) is 32.4 Å². The Labute approximate surface area is 84.5 Å². The molecule has 3 heteroatoms. The molecule has 76 valence electrons. The van der Waals surface area contributed by atoms with Crippen LogP contribution in [0.15, 0.2) is 24.3 Å². The second kappa shape index (κ2) is 3.98. The van der Waals surface area contributed by atoms with Crippen LogP contribution in [-0.2, 0) is 11.3 Å². The molecule has 0 amide bonds. The maximum atomic E-state index is 5.68. The van der Waals surface area contributed by atoms with E-state index in [0.29, 0.717) is 12.6 Å². The molecular weight excluding hydrogens is 176 g/mol. The molecule has 1 aromatic rings. The Morgan fingerprint density at radius 1 is 1.43 bits per heavy atom. The predicted octanol–water partition coefficient (Wildman–Crippen LogP) is 0.980. The minimum Gasteiger partial charge on any atom is -0.378 e. The molecule has 0 aliphatic carbocycles. The summed E-state index contributed by atoms with van der Waals surface area (Å²) < 4.78 is 5.24. The van der Waals surface area contributed by atoms with Crippen LogP contribution in [0.1, 0.15) is 5.56 Å². The lowest BCUT2D eigenvalue weighted by Crippen LogP contribution is -2.52. The molecule has 1 heterocycles. The van der Waals surface area contributed by atoms with Crippen LogP contribution in [0.4, 0.5) is 5.69 Å². The molecule has 0 radical (unpaired) electrons. The van der Waals surface area contributed by atoms with Gasteiger partial charge >= 0.3 is 0 Å². The van der Waals surface area contributed by atoms with E-state index < -0.39 is 0 Å². The van der Waals surface area contributed by atoms with Crippen LogP contribution in [0.25, 0.3) is 0 Å². The Hall–Kier alpha value is -1.06. The average Bonchev–Trinajstić information content (AvgIpc) is 2.17. The summed E-state index contributed by atoms with van der Waals surface area (Å²) in [6, 6.07) is 8.28. The quantitative estimate of drug-likeness (QED) is 0.776. The molecule has 0 unspecified atom stereocenters. The zero-order chi connectivity index (χ0) is 9.97. The zero-order valence-corrected chi connectivity index (χ0v) is 8.44. The molecule has 3 nitrogen and oxygen atoms in total. The standard InChI is InChI=1S/C11H16N2O/c1-14-10-7-13(8-10)11-5-3-2-4-9(11)6-12/h2-5,10H,6-8,12H2,1H3. The van der Waals surface area contributed by atoms with E-state index in [4.69, 9.17) is 10.5 Å². The first-order valence-electron chi connectivity index (χ1n) is 4.91. The molecule has 0 saturated carbocycles. The fraction of sp³-hybridized carbons (Fsp3) is 0.455. The van der Waals surface area contributed by atoms with Gasteiger partial charge < -0.3 is 15.4 Å². The molecule has 1 aliphatic heterocycles. The summed E-state index contributed by atoms with van der Waals surface area (Å²) in [5, 5.41) is 0. The van der Waals surface area contributed by atoms with Gasteiger partial charge in [0.05, 0.1) is 6.10 Å². The third-order valence-corrected chi connectivity index (χ3v) is 2.73. The zero-order valence-electron chi connectivity index (χ0n) is 8.44. The SMILES string of the molecule is COC1CN(c2ccccc2CN)C1. The van der Waals surface area contributed by atoms with Gasteiger partial charge in [-0.15, -0.1) is 0 Å². The molecule has 0 spiro atoms. The summed E-state index contributed by atoms with van der Waals surface area (Å²) >= 11 is 0. The highest BCUT2D eigenvalue weighted by Crippen LogP contribution is 2.25. The van der Waals surface area contributed by atoms with Crippen molar-refractivity contribution < 1.29 is 4.74 Å². The minimum absolute atomic E-state index is 0.390. The van der Waals surface area contributed by atoms with Crippen molar-refractivity contribution in [2.45, 2.75) is 12.6 Å². The first-order valence-corrected chi connectivity index (χ1v) is 4.91. The Kier molecular flexibility index (Phi) is 2.70. The number of hydrogen-bond acceptors (Lipinski definition) is 3.